The zero-order valence-electron chi connectivity index (χ0n) is 14.5. The van der Waals surface area contributed by atoms with E-state index in [1.165, 1.54) is 6.92 Å². The Morgan fingerprint density at radius 1 is 0.680 bits per heavy atom. The van der Waals surface area contributed by atoms with Crippen molar-refractivity contribution >= 4 is 29.8 Å². The van der Waals surface area contributed by atoms with Gasteiger partial charge in [0.15, 0.2) is 24.4 Å². The Hall–Kier alpha value is -2.49. The van der Waals surface area contributed by atoms with Crippen molar-refractivity contribution in [2.45, 2.75) is 65.1 Å². The van der Waals surface area contributed by atoms with Crippen LogP contribution in [0.1, 0.15) is 34.6 Å². The second kappa shape index (κ2) is 8.56. The molecule has 5 atom stereocenters. The molecular weight excluding hydrogens is 340 g/mol. The SMILES string of the molecule is CC(=O)OC(=O)C1O[C@H](C)[C@@H](OC(C)=O)[C@H](OC(C)=O)[C@H]1OC(C)=O. The van der Waals surface area contributed by atoms with Crippen LogP contribution in [0.5, 0.6) is 0 Å². The van der Waals surface area contributed by atoms with Crippen molar-refractivity contribution < 1.29 is 47.7 Å². The molecule has 1 aliphatic rings. The first-order chi connectivity index (χ1) is 11.5. The molecular formula is C15H20O10. The monoisotopic (exact) mass is 360 g/mol. The van der Waals surface area contributed by atoms with E-state index in [0.717, 1.165) is 27.7 Å². The van der Waals surface area contributed by atoms with Crippen molar-refractivity contribution in [2.24, 2.45) is 0 Å². The number of esters is 5. The summed E-state index contributed by atoms with van der Waals surface area (Å²) in [6.45, 7) is 5.77. The van der Waals surface area contributed by atoms with Gasteiger partial charge in [-0.2, -0.15) is 0 Å². The summed E-state index contributed by atoms with van der Waals surface area (Å²) in [5.41, 5.74) is 0. The molecule has 0 radical (unpaired) electrons. The highest BCUT2D eigenvalue weighted by Crippen LogP contribution is 2.29. The summed E-state index contributed by atoms with van der Waals surface area (Å²) in [5, 5.41) is 0. The van der Waals surface area contributed by atoms with E-state index in [4.69, 9.17) is 18.9 Å². The van der Waals surface area contributed by atoms with Crippen LogP contribution in [0.15, 0.2) is 0 Å². The summed E-state index contributed by atoms with van der Waals surface area (Å²) in [5.74, 6) is -4.27. The van der Waals surface area contributed by atoms with Crippen LogP contribution in [-0.2, 0) is 47.7 Å². The minimum Gasteiger partial charge on any atom is -0.456 e. The lowest BCUT2D eigenvalue weighted by atomic mass is 9.94. The zero-order valence-corrected chi connectivity index (χ0v) is 14.5. The molecule has 0 spiro atoms. The van der Waals surface area contributed by atoms with Crippen LogP contribution < -0.4 is 0 Å². The van der Waals surface area contributed by atoms with Crippen molar-refractivity contribution in [3.05, 3.63) is 0 Å². The quantitative estimate of drug-likeness (QED) is 0.372. The summed E-state index contributed by atoms with van der Waals surface area (Å²) >= 11 is 0. The third-order valence-electron chi connectivity index (χ3n) is 3.15. The van der Waals surface area contributed by atoms with Gasteiger partial charge < -0.3 is 23.7 Å². The number of rotatable bonds is 4. The predicted molar refractivity (Wildman–Crippen MR) is 77.8 cm³/mol. The summed E-state index contributed by atoms with van der Waals surface area (Å²) in [6, 6.07) is 0. The second-order valence-electron chi connectivity index (χ2n) is 5.40. The molecule has 0 aliphatic carbocycles. The van der Waals surface area contributed by atoms with E-state index in [2.05, 4.69) is 4.74 Å². The van der Waals surface area contributed by atoms with E-state index in [9.17, 15) is 24.0 Å². The van der Waals surface area contributed by atoms with Gasteiger partial charge in [-0.15, -0.1) is 0 Å². The molecule has 0 saturated carbocycles. The first-order valence-electron chi connectivity index (χ1n) is 7.42. The van der Waals surface area contributed by atoms with Gasteiger partial charge >= 0.3 is 29.8 Å². The first-order valence-corrected chi connectivity index (χ1v) is 7.42. The average Bonchev–Trinajstić information content (AvgIpc) is 2.43. The molecule has 10 heteroatoms. The van der Waals surface area contributed by atoms with E-state index in [0.29, 0.717) is 0 Å². The van der Waals surface area contributed by atoms with Crippen molar-refractivity contribution in [1.29, 1.82) is 0 Å². The average molecular weight is 360 g/mol. The number of hydrogen-bond donors (Lipinski definition) is 0. The molecule has 1 unspecified atom stereocenters. The van der Waals surface area contributed by atoms with Gasteiger partial charge in [-0.3, -0.25) is 19.2 Å². The maximum atomic E-state index is 12.1. The highest BCUT2D eigenvalue weighted by molar-refractivity contribution is 5.87. The molecule has 140 valence electrons. The molecule has 25 heavy (non-hydrogen) atoms. The smallest absolute Gasteiger partial charge is 0.346 e. The fourth-order valence-corrected chi connectivity index (χ4v) is 2.40. The summed E-state index contributed by atoms with van der Waals surface area (Å²) in [7, 11) is 0. The van der Waals surface area contributed by atoms with Gasteiger partial charge in [-0.25, -0.2) is 4.79 Å². The number of hydrogen-bond acceptors (Lipinski definition) is 10. The molecule has 1 saturated heterocycles. The van der Waals surface area contributed by atoms with Crippen molar-refractivity contribution in [3.8, 4) is 0 Å². The van der Waals surface area contributed by atoms with E-state index in [1.807, 2.05) is 0 Å². The molecule has 1 heterocycles. The fraction of sp³-hybridized carbons (Fsp3) is 0.667. The standard InChI is InChI=1S/C15H20O10/c1-6-11(22-7(2)16)12(23-8(3)17)13(24-9(4)18)14(21-6)15(20)25-10(5)19/h6,11-14H,1-5H3/t6-,11-,12+,13-,14?/m1/s1. The molecule has 1 aliphatic heterocycles. The van der Waals surface area contributed by atoms with Crippen LogP contribution in [0.25, 0.3) is 0 Å². The van der Waals surface area contributed by atoms with Crippen molar-refractivity contribution in [2.75, 3.05) is 0 Å². The van der Waals surface area contributed by atoms with Gasteiger partial charge in [0.2, 0.25) is 0 Å². The maximum absolute atomic E-state index is 12.1. The van der Waals surface area contributed by atoms with Crippen LogP contribution in [0.3, 0.4) is 0 Å². The van der Waals surface area contributed by atoms with Gasteiger partial charge in [-0.05, 0) is 6.92 Å². The Bertz CT molecular complexity index is 569. The minimum atomic E-state index is -1.54. The predicted octanol–water partition coefficient (Wildman–Crippen LogP) is -0.341. The number of carbonyl (C=O) groups excluding carboxylic acids is 5. The molecule has 0 aromatic carbocycles. The Morgan fingerprint density at radius 3 is 1.56 bits per heavy atom. The van der Waals surface area contributed by atoms with Crippen LogP contribution in [-0.4, -0.2) is 60.4 Å². The van der Waals surface area contributed by atoms with Gasteiger partial charge in [0, 0.05) is 27.7 Å². The van der Waals surface area contributed by atoms with Crippen LogP contribution in [0, 0.1) is 0 Å². The Labute approximate surface area is 143 Å². The molecule has 1 rings (SSSR count). The number of carbonyl (C=O) groups is 5. The molecule has 0 N–H and O–H groups in total. The van der Waals surface area contributed by atoms with Crippen molar-refractivity contribution in [1.82, 2.24) is 0 Å². The van der Waals surface area contributed by atoms with E-state index in [1.54, 1.807) is 0 Å². The van der Waals surface area contributed by atoms with Gasteiger partial charge in [0.25, 0.3) is 0 Å². The third-order valence-corrected chi connectivity index (χ3v) is 3.15. The zero-order chi connectivity index (χ0) is 19.3. The summed E-state index contributed by atoms with van der Waals surface area (Å²) in [6.07, 6.45) is -6.37. The van der Waals surface area contributed by atoms with Crippen molar-refractivity contribution in [3.63, 3.8) is 0 Å². The molecule has 0 aromatic heterocycles. The molecule has 0 bridgehead atoms. The van der Waals surface area contributed by atoms with E-state index < -0.39 is 60.4 Å². The van der Waals surface area contributed by atoms with Crippen LogP contribution in [0.4, 0.5) is 0 Å². The summed E-state index contributed by atoms with van der Waals surface area (Å²) in [4.78, 5) is 57.3. The van der Waals surface area contributed by atoms with Gasteiger partial charge in [-0.1, -0.05) is 0 Å². The molecule has 10 nitrogen and oxygen atoms in total. The highest BCUT2D eigenvalue weighted by atomic mass is 16.7. The normalized spacial score (nSPS) is 28.4. The minimum absolute atomic E-state index is 0.691. The third kappa shape index (κ3) is 5.82. The lowest BCUT2D eigenvalue weighted by Crippen LogP contribution is -2.62. The topological polar surface area (TPSA) is 132 Å². The van der Waals surface area contributed by atoms with Gasteiger partial charge in [0.1, 0.15) is 0 Å². The fourth-order valence-electron chi connectivity index (χ4n) is 2.40. The Balaban J connectivity index is 3.24. The van der Waals surface area contributed by atoms with Gasteiger partial charge in [0.05, 0.1) is 6.10 Å². The number of ether oxygens (including phenoxy) is 5. The Morgan fingerprint density at radius 2 is 1.12 bits per heavy atom. The second-order valence-corrected chi connectivity index (χ2v) is 5.40. The molecule has 1 fully saturated rings. The lowest BCUT2D eigenvalue weighted by molar-refractivity contribution is -0.245. The maximum Gasteiger partial charge on any atom is 0.346 e. The molecule has 0 aromatic rings. The van der Waals surface area contributed by atoms with Crippen LogP contribution >= 0.6 is 0 Å². The van der Waals surface area contributed by atoms with E-state index in [-0.39, 0.29) is 0 Å². The first kappa shape index (κ1) is 20.6. The largest absolute Gasteiger partial charge is 0.456 e. The molecule has 0 amide bonds. The highest BCUT2D eigenvalue weighted by Gasteiger charge is 2.53. The summed E-state index contributed by atoms with van der Waals surface area (Å²) < 4.78 is 25.1. The van der Waals surface area contributed by atoms with Crippen LogP contribution in [0.2, 0.25) is 0 Å². The Kier molecular flexibility index (Phi) is 7.04. The lowest BCUT2D eigenvalue weighted by Gasteiger charge is -2.42. The van der Waals surface area contributed by atoms with E-state index >= 15 is 0 Å².